The minimum absolute atomic E-state index is 0.0108. The molecule has 1 aliphatic heterocycles. The fraction of sp³-hybridized carbons (Fsp3) is 0.370. The van der Waals surface area contributed by atoms with Gasteiger partial charge in [-0.2, -0.15) is 0 Å². The van der Waals surface area contributed by atoms with Crippen LogP contribution in [0.2, 0.25) is 0 Å². The fourth-order valence-corrected chi connectivity index (χ4v) is 7.94. The number of hydrogen-bond donors (Lipinski definition) is 4. The fourth-order valence-electron chi connectivity index (χ4n) is 7.19. The van der Waals surface area contributed by atoms with E-state index in [1.54, 1.807) is 36.4 Å². The van der Waals surface area contributed by atoms with Gasteiger partial charge in [-0.15, -0.1) is 11.3 Å². The maximum Gasteiger partial charge on any atom is 0.678 e. The van der Waals surface area contributed by atoms with Crippen LogP contribution in [-0.2, 0) is 22.4 Å². The lowest BCUT2D eigenvalue weighted by Gasteiger charge is -2.21. The van der Waals surface area contributed by atoms with E-state index in [4.69, 9.17) is 9.47 Å². The number of rotatable bonds is 23. The number of thiophene rings is 1. The Bertz CT molecular complexity index is 2170. The quantitative estimate of drug-likeness (QED) is 0.0446. The molecular weight excluding hydrogens is 783 g/mol. The molecule has 6 rings (SSSR count). The summed E-state index contributed by atoms with van der Waals surface area (Å²) in [5, 5.41) is 21.6. The smallest absolute Gasteiger partial charge is 0.491 e. The summed E-state index contributed by atoms with van der Waals surface area (Å²) in [6.45, 7) is 5.94. The second-order valence-corrected chi connectivity index (χ2v) is 16.0. The number of fused-ring (bicyclic) bond motifs is 1. The number of amides is 2. The van der Waals surface area contributed by atoms with Gasteiger partial charge in [-0.05, 0) is 147 Å². The van der Waals surface area contributed by atoms with E-state index in [-0.39, 0.29) is 31.1 Å². The van der Waals surface area contributed by atoms with Crippen LogP contribution in [0.25, 0.3) is 22.7 Å². The first-order chi connectivity index (χ1) is 29.1. The third kappa shape index (κ3) is 12.8. The van der Waals surface area contributed by atoms with Crippen molar-refractivity contribution >= 4 is 48.4 Å². The van der Waals surface area contributed by atoms with E-state index in [1.807, 2.05) is 60.9 Å². The van der Waals surface area contributed by atoms with Crippen molar-refractivity contribution in [2.45, 2.75) is 77.4 Å². The molecule has 0 saturated carbocycles. The summed E-state index contributed by atoms with van der Waals surface area (Å²) >= 11 is 1.42. The summed E-state index contributed by atoms with van der Waals surface area (Å²) in [6.07, 6.45) is 15.1. The predicted octanol–water partition coefficient (Wildman–Crippen LogP) is 7.83. The lowest BCUT2D eigenvalue weighted by molar-refractivity contribution is -0.123. The zero-order chi connectivity index (χ0) is 42.3. The van der Waals surface area contributed by atoms with E-state index in [1.165, 1.54) is 28.0 Å². The Kier molecular flexibility index (Phi) is 16.5. The van der Waals surface area contributed by atoms with Crippen molar-refractivity contribution in [1.29, 1.82) is 0 Å². The zero-order valence-corrected chi connectivity index (χ0v) is 35.1. The van der Waals surface area contributed by atoms with E-state index in [2.05, 4.69) is 33.9 Å². The first-order valence-corrected chi connectivity index (χ1v) is 21.6. The summed E-state index contributed by atoms with van der Waals surface area (Å²) in [5.41, 5.74) is 7.03. The van der Waals surface area contributed by atoms with Crippen molar-refractivity contribution in [3.8, 4) is 22.1 Å². The van der Waals surface area contributed by atoms with Crippen molar-refractivity contribution in [1.82, 2.24) is 20.4 Å². The van der Waals surface area contributed by atoms with Crippen LogP contribution in [-0.4, -0.2) is 79.5 Å². The molecular formula is C46H54BF2N5O5S. The molecule has 2 atom stereocenters. The third-order valence-electron chi connectivity index (χ3n) is 10.6. The molecule has 2 aromatic heterocycles. The number of nitrogens with one attached hydrogen (secondary N) is 3. The molecule has 14 heteroatoms. The van der Waals surface area contributed by atoms with E-state index in [0.717, 1.165) is 65.6 Å². The Labute approximate surface area is 355 Å². The second-order valence-electron chi connectivity index (χ2n) is 15.1. The number of carbonyl (C=O) groups is 2. The highest BCUT2D eigenvalue weighted by Gasteiger charge is 2.24. The van der Waals surface area contributed by atoms with Crippen LogP contribution in [0, 0.1) is 6.92 Å². The molecule has 3 heterocycles. The molecule has 2 amide bonds. The SMILES string of the molecule is Cc1ccc(OC[C@@H](O)C(C)NCCCNC(=O)CCCCCNC(=O)COc2ccc(/C=C/C3=NC(=C\c4ccc(-c5cccs5)n4B(F)F)/C=C3)cc2)c2c1CCC2. The number of aliphatic imine (C=N–C) groups is 1. The normalized spacial score (nSPS) is 14.9. The summed E-state index contributed by atoms with van der Waals surface area (Å²) in [5.74, 6) is 1.25. The number of halogens is 2. The van der Waals surface area contributed by atoms with Gasteiger partial charge in [-0.3, -0.25) is 18.2 Å². The highest BCUT2D eigenvalue weighted by molar-refractivity contribution is 7.13. The van der Waals surface area contributed by atoms with E-state index in [9.17, 15) is 23.3 Å². The number of aromatic nitrogens is 1. The summed E-state index contributed by atoms with van der Waals surface area (Å²) < 4.78 is 40.6. The number of allylic oxidation sites excluding steroid dienone is 3. The van der Waals surface area contributed by atoms with Gasteiger partial charge in [0.25, 0.3) is 5.91 Å². The van der Waals surface area contributed by atoms with Crippen molar-refractivity contribution in [2.24, 2.45) is 4.99 Å². The summed E-state index contributed by atoms with van der Waals surface area (Å²) in [6, 6.07) is 18.3. The van der Waals surface area contributed by atoms with Gasteiger partial charge in [0.05, 0.1) is 17.1 Å². The zero-order valence-electron chi connectivity index (χ0n) is 34.3. The van der Waals surface area contributed by atoms with Gasteiger partial charge < -0.3 is 35.0 Å². The van der Waals surface area contributed by atoms with Gasteiger partial charge in [-0.1, -0.05) is 36.8 Å². The van der Waals surface area contributed by atoms with Crippen LogP contribution in [0.5, 0.6) is 11.5 Å². The average molecular weight is 838 g/mol. The van der Waals surface area contributed by atoms with Gasteiger partial charge in [-0.25, -0.2) is 4.99 Å². The highest BCUT2D eigenvalue weighted by atomic mass is 32.1. The molecule has 2 aromatic carbocycles. The lowest BCUT2D eigenvalue weighted by Crippen LogP contribution is -2.41. The molecule has 1 unspecified atom stereocenters. The molecule has 0 spiro atoms. The number of ether oxygens (including phenoxy) is 2. The standard InChI is InChI=1S/C46H54BF2N5O5S/c1-32-13-24-43(40-10-6-9-39(32)40)59-30-42(55)33(2)50-26-8-27-51-45(56)12-4-3-5-25-52-46(57)31-58-38-21-15-34(16-22-38)14-17-35-18-19-36(53-35)29-37-20-23-41(54(37)47(48)49)44-11-7-28-60-44/h7,11,13-24,28-29,33,42,50,55H,3-6,8-10,12,25-27,30-31H2,1-2H3,(H,51,56)(H,52,57)/b17-14+,36-29-/t33?,42-/m1/s1. The summed E-state index contributed by atoms with van der Waals surface area (Å²) in [7, 11) is -2.68. The number of aliphatic hydroxyl groups is 1. The van der Waals surface area contributed by atoms with Gasteiger partial charge in [0.15, 0.2) is 6.61 Å². The Morgan fingerprint density at radius 1 is 0.917 bits per heavy atom. The van der Waals surface area contributed by atoms with Gasteiger partial charge in [0, 0.05) is 36.1 Å². The van der Waals surface area contributed by atoms with Crippen LogP contribution >= 0.6 is 11.3 Å². The molecule has 316 valence electrons. The Morgan fingerprint density at radius 3 is 2.52 bits per heavy atom. The van der Waals surface area contributed by atoms with Gasteiger partial charge in [0.1, 0.15) is 24.2 Å². The number of nitrogens with zero attached hydrogens (tertiary/aromatic N) is 2. The van der Waals surface area contributed by atoms with Gasteiger partial charge in [0.2, 0.25) is 5.91 Å². The monoisotopic (exact) mass is 837 g/mol. The second kappa shape index (κ2) is 22.3. The number of unbranched alkanes of at least 4 members (excludes halogenated alkanes) is 2. The highest BCUT2D eigenvalue weighted by Crippen LogP contribution is 2.33. The number of aliphatic hydroxyl groups excluding tert-OH is 1. The Balaban J connectivity index is 0.782. The van der Waals surface area contributed by atoms with E-state index in [0.29, 0.717) is 54.6 Å². The maximum atomic E-state index is 13.9. The molecule has 0 radical (unpaired) electrons. The minimum atomic E-state index is -2.68. The van der Waals surface area contributed by atoms with Crippen molar-refractivity contribution < 1.29 is 32.8 Å². The van der Waals surface area contributed by atoms with Crippen LogP contribution in [0.4, 0.5) is 8.63 Å². The van der Waals surface area contributed by atoms with Crippen LogP contribution in [0.1, 0.15) is 73.4 Å². The molecule has 1 aliphatic carbocycles. The predicted molar refractivity (Wildman–Crippen MR) is 238 cm³/mol. The topological polar surface area (TPSA) is 126 Å². The van der Waals surface area contributed by atoms with Crippen LogP contribution in [0.3, 0.4) is 0 Å². The molecule has 10 nitrogen and oxygen atoms in total. The largest absolute Gasteiger partial charge is 0.678 e. The number of carbonyl (C=O) groups excluding carboxylic acids is 2. The Hall–Kier alpha value is -5.31. The number of benzene rings is 2. The van der Waals surface area contributed by atoms with E-state index >= 15 is 0 Å². The molecule has 0 bridgehead atoms. The number of aryl methyl sites for hydroxylation is 1. The van der Waals surface area contributed by atoms with E-state index < -0.39 is 13.5 Å². The average Bonchev–Trinajstić information content (AvgIpc) is 4.09. The minimum Gasteiger partial charge on any atom is -0.491 e. The van der Waals surface area contributed by atoms with Crippen molar-refractivity contribution in [2.75, 3.05) is 32.8 Å². The Morgan fingerprint density at radius 2 is 1.72 bits per heavy atom. The van der Waals surface area contributed by atoms with Crippen molar-refractivity contribution in [3.63, 3.8) is 0 Å². The summed E-state index contributed by atoms with van der Waals surface area (Å²) in [4.78, 5) is 29.9. The maximum absolute atomic E-state index is 13.9. The first kappa shape index (κ1) is 44.3. The van der Waals surface area contributed by atoms with Gasteiger partial charge >= 0.3 is 7.40 Å². The first-order valence-electron chi connectivity index (χ1n) is 20.8. The molecule has 4 N–H and O–H groups in total. The molecule has 60 heavy (non-hydrogen) atoms. The van der Waals surface area contributed by atoms with Crippen LogP contribution < -0.4 is 25.4 Å². The third-order valence-corrected chi connectivity index (χ3v) is 11.5. The lowest BCUT2D eigenvalue weighted by atomic mass is 10.0. The van der Waals surface area contributed by atoms with Crippen molar-refractivity contribution in [3.05, 3.63) is 118 Å². The van der Waals surface area contributed by atoms with Crippen LogP contribution in [0.15, 0.2) is 95.0 Å². The molecule has 2 aliphatic rings. The molecule has 0 fully saturated rings. The number of hydrogen-bond acceptors (Lipinski definition) is 8. The molecule has 0 saturated heterocycles. The molecule has 4 aromatic rings.